The summed E-state index contributed by atoms with van der Waals surface area (Å²) in [5, 5.41) is 12.1. The first kappa shape index (κ1) is 11.1. The highest BCUT2D eigenvalue weighted by Gasteiger charge is 2.23. The quantitative estimate of drug-likeness (QED) is 0.816. The average Bonchev–Trinajstić information content (AvgIpc) is 2.77. The molecule has 17 heavy (non-hydrogen) atoms. The second-order valence-electron chi connectivity index (χ2n) is 3.53. The zero-order valence-electron chi connectivity index (χ0n) is 9.01. The van der Waals surface area contributed by atoms with Gasteiger partial charge in [0.05, 0.1) is 5.56 Å². The van der Waals surface area contributed by atoms with Gasteiger partial charge in [-0.3, -0.25) is 4.79 Å². The molecule has 0 aliphatic carbocycles. The van der Waals surface area contributed by atoms with Crippen LogP contribution in [-0.4, -0.2) is 22.0 Å². The van der Waals surface area contributed by atoms with E-state index >= 15 is 0 Å². The van der Waals surface area contributed by atoms with Crippen LogP contribution in [0.1, 0.15) is 32.0 Å². The molecule has 0 spiro atoms. The zero-order chi connectivity index (χ0) is 12.4. The van der Waals surface area contributed by atoms with Gasteiger partial charge in [0.25, 0.3) is 0 Å². The minimum Gasteiger partial charge on any atom is -0.476 e. The van der Waals surface area contributed by atoms with E-state index in [1.807, 2.05) is 0 Å². The van der Waals surface area contributed by atoms with Gasteiger partial charge in [0.1, 0.15) is 6.26 Å². The lowest BCUT2D eigenvalue weighted by atomic mass is 10.00. The second-order valence-corrected chi connectivity index (χ2v) is 3.53. The SMILES string of the molecule is Cc1ccccc1C(=O)c1conc1C(=O)O. The first-order chi connectivity index (χ1) is 8.11. The minimum atomic E-state index is -1.28. The fourth-order valence-corrected chi connectivity index (χ4v) is 1.52. The van der Waals surface area contributed by atoms with Gasteiger partial charge in [0.2, 0.25) is 5.69 Å². The number of aromatic carboxylic acids is 1. The maximum atomic E-state index is 12.1. The predicted molar refractivity (Wildman–Crippen MR) is 58.1 cm³/mol. The van der Waals surface area contributed by atoms with Crippen LogP contribution in [0, 0.1) is 6.92 Å². The third-order valence-corrected chi connectivity index (χ3v) is 2.41. The fraction of sp³-hybridized carbons (Fsp3) is 0.0833. The largest absolute Gasteiger partial charge is 0.476 e. The summed E-state index contributed by atoms with van der Waals surface area (Å²) in [6, 6.07) is 6.93. The molecule has 0 saturated heterocycles. The summed E-state index contributed by atoms with van der Waals surface area (Å²) >= 11 is 0. The number of carbonyl (C=O) groups excluding carboxylic acids is 1. The molecule has 1 aromatic carbocycles. The molecule has 0 radical (unpaired) electrons. The van der Waals surface area contributed by atoms with E-state index in [-0.39, 0.29) is 11.3 Å². The van der Waals surface area contributed by atoms with Crippen LogP contribution in [0.4, 0.5) is 0 Å². The molecule has 1 heterocycles. The lowest BCUT2D eigenvalue weighted by Gasteiger charge is -2.02. The van der Waals surface area contributed by atoms with E-state index in [9.17, 15) is 9.59 Å². The van der Waals surface area contributed by atoms with Gasteiger partial charge in [-0.05, 0) is 12.5 Å². The van der Waals surface area contributed by atoms with Crippen LogP contribution in [0.2, 0.25) is 0 Å². The highest BCUT2D eigenvalue weighted by Crippen LogP contribution is 2.16. The van der Waals surface area contributed by atoms with Crippen molar-refractivity contribution in [3.8, 4) is 0 Å². The molecule has 2 aromatic rings. The zero-order valence-corrected chi connectivity index (χ0v) is 9.01. The highest BCUT2D eigenvalue weighted by atomic mass is 16.5. The molecule has 86 valence electrons. The van der Waals surface area contributed by atoms with Crippen LogP contribution in [0.15, 0.2) is 35.1 Å². The molecule has 0 bridgehead atoms. The van der Waals surface area contributed by atoms with Crippen molar-refractivity contribution in [1.29, 1.82) is 0 Å². The van der Waals surface area contributed by atoms with Crippen molar-refractivity contribution in [2.45, 2.75) is 6.92 Å². The predicted octanol–water partition coefficient (Wildman–Crippen LogP) is 1.91. The maximum absolute atomic E-state index is 12.1. The Morgan fingerprint density at radius 2 is 1.94 bits per heavy atom. The van der Waals surface area contributed by atoms with Crippen LogP contribution >= 0.6 is 0 Å². The summed E-state index contributed by atoms with van der Waals surface area (Å²) in [6.07, 6.45) is 1.05. The Kier molecular flexibility index (Phi) is 2.74. The van der Waals surface area contributed by atoms with E-state index in [4.69, 9.17) is 5.11 Å². The molecule has 5 heteroatoms. The molecule has 0 atom stereocenters. The van der Waals surface area contributed by atoms with Crippen molar-refractivity contribution >= 4 is 11.8 Å². The molecular weight excluding hydrogens is 222 g/mol. The fourth-order valence-electron chi connectivity index (χ4n) is 1.52. The lowest BCUT2D eigenvalue weighted by molar-refractivity contribution is 0.0682. The topological polar surface area (TPSA) is 80.4 Å². The molecule has 5 nitrogen and oxygen atoms in total. The molecule has 1 N–H and O–H groups in total. The molecule has 0 fully saturated rings. The van der Waals surface area contributed by atoms with E-state index in [1.54, 1.807) is 31.2 Å². The van der Waals surface area contributed by atoms with E-state index in [2.05, 4.69) is 9.68 Å². The Morgan fingerprint density at radius 1 is 1.24 bits per heavy atom. The lowest BCUT2D eigenvalue weighted by Crippen LogP contribution is -2.09. The van der Waals surface area contributed by atoms with Gasteiger partial charge in [-0.2, -0.15) is 0 Å². The normalized spacial score (nSPS) is 10.2. The summed E-state index contributed by atoms with van der Waals surface area (Å²) in [5.74, 6) is -1.68. The number of rotatable bonds is 3. The first-order valence-corrected chi connectivity index (χ1v) is 4.89. The Labute approximate surface area is 96.7 Å². The monoisotopic (exact) mass is 231 g/mol. The number of benzene rings is 1. The van der Waals surface area contributed by atoms with Gasteiger partial charge in [-0.15, -0.1) is 0 Å². The van der Waals surface area contributed by atoms with Gasteiger partial charge in [-0.25, -0.2) is 4.79 Å². The smallest absolute Gasteiger partial charge is 0.358 e. The van der Waals surface area contributed by atoms with Crippen molar-refractivity contribution in [2.24, 2.45) is 0 Å². The van der Waals surface area contributed by atoms with Gasteiger partial charge < -0.3 is 9.63 Å². The number of carbonyl (C=O) groups is 2. The number of carboxylic acids is 1. The molecule has 0 aliphatic rings. The van der Waals surface area contributed by atoms with Crippen molar-refractivity contribution in [3.63, 3.8) is 0 Å². The average molecular weight is 231 g/mol. The van der Waals surface area contributed by atoms with Gasteiger partial charge in [0.15, 0.2) is 5.78 Å². The number of carboxylic acid groups (broad SMARTS) is 1. The number of ketones is 1. The van der Waals surface area contributed by atoms with Crippen molar-refractivity contribution < 1.29 is 19.2 Å². The summed E-state index contributed by atoms with van der Waals surface area (Å²) in [7, 11) is 0. The van der Waals surface area contributed by atoms with Crippen molar-refractivity contribution in [2.75, 3.05) is 0 Å². The molecule has 1 aromatic heterocycles. The van der Waals surface area contributed by atoms with Gasteiger partial charge in [0, 0.05) is 5.56 Å². The minimum absolute atomic E-state index is 0.0354. The number of hydrogen-bond acceptors (Lipinski definition) is 4. The van der Waals surface area contributed by atoms with Crippen LogP contribution in [-0.2, 0) is 0 Å². The summed E-state index contributed by atoms with van der Waals surface area (Å²) in [5.41, 5.74) is 0.818. The Balaban J connectivity index is 2.48. The summed E-state index contributed by atoms with van der Waals surface area (Å²) < 4.78 is 4.54. The number of aryl methyl sites for hydroxylation is 1. The molecule has 0 amide bonds. The molecule has 0 unspecified atom stereocenters. The summed E-state index contributed by atoms with van der Waals surface area (Å²) in [6.45, 7) is 1.78. The third kappa shape index (κ3) is 1.94. The molecule has 0 saturated carbocycles. The number of nitrogens with zero attached hydrogens (tertiary/aromatic N) is 1. The van der Waals surface area contributed by atoms with Crippen molar-refractivity contribution in [3.05, 3.63) is 52.9 Å². The number of hydrogen-bond donors (Lipinski definition) is 1. The standard InChI is InChI=1S/C12H9NO4/c1-7-4-2-3-5-8(7)11(14)9-6-17-13-10(9)12(15)16/h2-6H,1H3,(H,15,16). The van der Waals surface area contributed by atoms with E-state index in [1.165, 1.54) is 0 Å². The second kappa shape index (κ2) is 4.21. The Hall–Kier alpha value is -2.43. The van der Waals surface area contributed by atoms with E-state index in [0.717, 1.165) is 11.8 Å². The Bertz CT molecular complexity index is 586. The van der Waals surface area contributed by atoms with Gasteiger partial charge in [-0.1, -0.05) is 29.4 Å². The summed E-state index contributed by atoms with van der Waals surface area (Å²) in [4.78, 5) is 22.9. The van der Waals surface area contributed by atoms with Crippen LogP contribution in [0.3, 0.4) is 0 Å². The van der Waals surface area contributed by atoms with Crippen LogP contribution in [0.25, 0.3) is 0 Å². The Morgan fingerprint density at radius 3 is 2.59 bits per heavy atom. The highest BCUT2D eigenvalue weighted by molar-refractivity contribution is 6.14. The van der Waals surface area contributed by atoms with E-state index in [0.29, 0.717) is 5.56 Å². The van der Waals surface area contributed by atoms with E-state index < -0.39 is 11.8 Å². The van der Waals surface area contributed by atoms with Gasteiger partial charge >= 0.3 is 5.97 Å². The molecule has 2 rings (SSSR count). The molecule has 0 aliphatic heterocycles. The van der Waals surface area contributed by atoms with Crippen molar-refractivity contribution in [1.82, 2.24) is 5.16 Å². The number of aromatic nitrogens is 1. The first-order valence-electron chi connectivity index (χ1n) is 4.89. The van der Waals surface area contributed by atoms with Crippen LogP contribution < -0.4 is 0 Å². The third-order valence-electron chi connectivity index (χ3n) is 2.41. The van der Waals surface area contributed by atoms with Crippen LogP contribution in [0.5, 0.6) is 0 Å². The maximum Gasteiger partial charge on any atom is 0.358 e. The molecular formula is C12H9NO4.